The van der Waals surface area contributed by atoms with Crippen molar-refractivity contribution in [2.24, 2.45) is 5.92 Å². The van der Waals surface area contributed by atoms with Gasteiger partial charge in [0.05, 0.1) is 4.90 Å². The number of nitrogens with two attached hydrogens (primary N) is 1. The third-order valence-corrected chi connectivity index (χ3v) is 6.19. The predicted octanol–water partition coefficient (Wildman–Crippen LogP) is 1.60. The molecule has 1 atom stereocenters. The first-order valence-corrected chi connectivity index (χ1v) is 8.74. The summed E-state index contributed by atoms with van der Waals surface area (Å²) in [4.78, 5) is 2.50. The van der Waals surface area contributed by atoms with Crippen molar-refractivity contribution >= 4 is 31.6 Å². The van der Waals surface area contributed by atoms with Gasteiger partial charge in [-0.3, -0.25) is 0 Å². The molecule has 0 aliphatic carbocycles. The molecule has 0 radical (unpaired) electrons. The number of hydrogen-bond acceptors (Lipinski definition) is 4. The third kappa shape index (κ3) is 3.33. The lowest BCUT2D eigenvalue weighted by Gasteiger charge is -2.21. The minimum absolute atomic E-state index is 0.271. The van der Waals surface area contributed by atoms with E-state index in [0.717, 1.165) is 19.5 Å². The molecule has 20 heavy (non-hydrogen) atoms. The lowest BCUT2D eigenvalue weighted by Crippen LogP contribution is -2.32. The molecule has 1 aliphatic rings. The zero-order chi connectivity index (χ0) is 14.9. The monoisotopic (exact) mass is 361 g/mol. The van der Waals surface area contributed by atoms with Crippen LogP contribution in [0.1, 0.15) is 6.42 Å². The quantitative estimate of drug-likeness (QED) is 0.827. The van der Waals surface area contributed by atoms with Gasteiger partial charge in [0.15, 0.2) is 0 Å². The first kappa shape index (κ1) is 15.8. The number of anilines is 1. The smallest absolute Gasteiger partial charge is 0.242 e. The summed E-state index contributed by atoms with van der Waals surface area (Å²) in [6.45, 7) is 2.53. The molecule has 1 aliphatic heterocycles. The summed E-state index contributed by atoms with van der Waals surface area (Å²) in [6.07, 6.45) is 1.04. The second-order valence-electron chi connectivity index (χ2n) is 5.39. The van der Waals surface area contributed by atoms with Crippen molar-refractivity contribution in [2.45, 2.75) is 11.3 Å². The Balaban J connectivity index is 2.14. The highest BCUT2D eigenvalue weighted by Crippen LogP contribution is 2.25. The molecule has 2 rings (SSSR count). The van der Waals surface area contributed by atoms with E-state index >= 15 is 0 Å². The van der Waals surface area contributed by atoms with Crippen molar-refractivity contribution in [3.63, 3.8) is 0 Å². The minimum Gasteiger partial charge on any atom is -0.398 e. The highest BCUT2D eigenvalue weighted by Gasteiger charge is 2.27. The predicted molar refractivity (Wildman–Crippen MR) is 84.0 cm³/mol. The van der Waals surface area contributed by atoms with Crippen LogP contribution >= 0.6 is 15.9 Å². The topological polar surface area (TPSA) is 66.6 Å². The molecule has 1 unspecified atom stereocenters. The average Bonchev–Trinajstić information content (AvgIpc) is 2.78. The maximum absolute atomic E-state index is 12.5. The lowest BCUT2D eigenvalue weighted by atomic mass is 10.1. The van der Waals surface area contributed by atoms with E-state index < -0.39 is 10.0 Å². The normalized spacial score (nSPS) is 20.7. The van der Waals surface area contributed by atoms with Crippen LogP contribution in [-0.2, 0) is 10.0 Å². The van der Waals surface area contributed by atoms with Crippen molar-refractivity contribution in [1.29, 1.82) is 0 Å². The van der Waals surface area contributed by atoms with E-state index in [1.54, 1.807) is 25.2 Å². The maximum Gasteiger partial charge on any atom is 0.242 e. The van der Waals surface area contributed by atoms with Crippen LogP contribution in [0.25, 0.3) is 0 Å². The van der Waals surface area contributed by atoms with Crippen LogP contribution in [0.5, 0.6) is 0 Å². The van der Waals surface area contributed by atoms with Gasteiger partial charge in [0, 0.05) is 30.3 Å². The molecule has 112 valence electrons. The Labute approximate surface area is 128 Å². The second-order valence-corrected chi connectivity index (χ2v) is 8.29. The van der Waals surface area contributed by atoms with Crippen LogP contribution in [0.2, 0.25) is 0 Å². The summed E-state index contributed by atoms with van der Waals surface area (Å²) in [5, 5.41) is 0. The summed E-state index contributed by atoms with van der Waals surface area (Å²) in [7, 11) is 0.244. The molecule has 1 saturated heterocycles. The number of likely N-dealkylation sites (tertiary alicyclic amines) is 1. The Bertz CT molecular complexity index is 591. The maximum atomic E-state index is 12.5. The summed E-state index contributed by atoms with van der Waals surface area (Å²) >= 11 is 3.27. The Morgan fingerprint density at radius 2 is 2.20 bits per heavy atom. The van der Waals surface area contributed by atoms with Gasteiger partial charge in [-0.15, -0.1) is 0 Å². The van der Waals surface area contributed by atoms with Crippen molar-refractivity contribution in [3.8, 4) is 0 Å². The van der Waals surface area contributed by atoms with Crippen molar-refractivity contribution in [3.05, 3.63) is 22.7 Å². The van der Waals surface area contributed by atoms with Gasteiger partial charge in [-0.1, -0.05) is 0 Å². The van der Waals surface area contributed by atoms with E-state index in [0.29, 0.717) is 22.6 Å². The zero-order valence-electron chi connectivity index (χ0n) is 11.7. The largest absolute Gasteiger partial charge is 0.398 e. The van der Waals surface area contributed by atoms with Crippen LogP contribution < -0.4 is 5.73 Å². The first-order valence-electron chi connectivity index (χ1n) is 6.50. The van der Waals surface area contributed by atoms with Gasteiger partial charge in [-0.05, 0) is 60.1 Å². The molecule has 2 N–H and O–H groups in total. The van der Waals surface area contributed by atoms with E-state index in [9.17, 15) is 8.42 Å². The fraction of sp³-hybridized carbons (Fsp3) is 0.538. The molecular formula is C13H20BrN3O2S. The van der Waals surface area contributed by atoms with Crippen molar-refractivity contribution in [1.82, 2.24) is 9.21 Å². The Kier molecular flexibility index (Phi) is 4.73. The average molecular weight is 362 g/mol. The van der Waals surface area contributed by atoms with E-state index in [1.807, 2.05) is 0 Å². The van der Waals surface area contributed by atoms with Crippen LogP contribution in [0.15, 0.2) is 27.6 Å². The van der Waals surface area contributed by atoms with Gasteiger partial charge in [0.25, 0.3) is 0 Å². The summed E-state index contributed by atoms with van der Waals surface area (Å²) in [5.41, 5.74) is 6.23. The number of halogens is 1. The van der Waals surface area contributed by atoms with Crippen molar-refractivity contribution in [2.75, 3.05) is 39.5 Å². The number of sulfonamides is 1. The SMILES string of the molecule is CN1CCC(CN(C)S(=O)(=O)c2ccc(N)c(Br)c2)C1. The molecule has 1 aromatic carbocycles. The molecule has 0 saturated carbocycles. The lowest BCUT2D eigenvalue weighted by molar-refractivity contribution is 0.357. The minimum atomic E-state index is -3.45. The van der Waals surface area contributed by atoms with E-state index in [2.05, 4.69) is 27.9 Å². The molecule has 0 spiro atoms. The number of rotatable bonds is 4. The van der Waals surface area contributed by atoms with Gasteiger partial charge < -0.3 is 10.6 Å². The van der Waals surface area contributed by atoms with Crippen LogP contribution in [-0.4, -0.2) is 51.4 Å². The van der Waals surface area contributed by atoms with Gasteiger partial charge in [-0.25, -0.2) is 12.7 Å². The summed E-state index contributed by atoms with van der Waals surface area (Å²) < 4.78 is 27.1. The zero-order valence-corrected chi connectivity index (χ0v) is 14.1. The van der Waals surface area contributed by atoms with E-state index in [4.69, 9.17) is 5.73 Å². The first-order chi connectivity index (χ1) is 9.30. The molecule has 1 fully saturated rings. The highest BCUT2D eigenvalue weighted by atomic mass is 79.9. The molecule has 1 heterocycles. The van der Waals surface area contributed by atoms with Gasteiger partial charge in [0.2, 0.25) is 10.0 Å². The van der Waals surface area contributed by atoms with Gasteiger partial charge in [0.1, 0.15) is 0 Å². The Hall–Kier alpha value is -0.630. The fourth-order valence-electron chi connectivity index (χ4n) is 2.49. The van der Waals surface area contributed by atoms with E-state index in [1.165, 1.54) is 4.31 Å². The number of nitrogen functional groups attached to an aromatic ring is 1. The second kappa shape index (κ2) is 6.01. The van der Waals surface area contributed by atoms with E-state index in [-0.39, 0.29) is 4.90 Å². The molecule has 0 aromatic heterocycles. The number of nitrogens with zero attached hydrogens (tertiary/aromatic N) is 2. The Morgan fingerprint density at radius 3 is 2.75 bits per heavy atom. The number of hydrogen-bond donors (Lipinski definition) is 1. The molecule has 0 amide bonds. The van der Waals surface area contributed by atoms with Gasteiger partial charge >= 0.3 is 0 Å². The fourth-order valence-corrected chi connectivity index (χ4v) is 4.29. The molecule has 1 aromatic rings. The molecule has 7 heteroatoms. The van der Waals surface area contributed by atoms with Crippen LogP contribution in [0.4, 0.5) is 5.69 Å². The third-order valence-electron chi connectivity index (χ3n) is 3.68. The highest BCUT2D eigenvalue weighted by molar-refractivity contribution is 9.10. The summed E-state index contributed by atoms with van der Waals surface area (Å²) in [5.74, 6) is 0.400. The number of benzene rings is 1. The van der Waals surface area contributed by atoms with Crippen LogP contribution in [0, 0.1) is 5.92 Å². The van der Waals surface area contributed by atoms with Gasteiger partial charge in [-0.2, -0.15) is 0 Å². The Morgan fingerprint density at radius 1 is 1.50 bits per heavy atom. The summed E-state index contributed by atoms with van der Waals surface area (Å²) in [6, 6.07) is 4.71. The van der Waals surface area contributed by atoms with Crippen LogP contribution in [0.3, 0.4) is 0 Å². The molecular weight excluding hydrogens is 342 g/mol. The molecule has 0 bridgehead atoms. The standard InChI is InChI=1S/C13H20BrN3O2S/c1-16-6-5-10(8-16)9-17(2)20(18,19)11-3-4-13(15)12(14)7-11/h3-4,7,10H,5-6,8-9,15H2,1-2H3. The molecule has 5 nitrogen and oxygen atoms in total. The van der Waals surface area contributed by atoms with Crippen molar-refractivity contribution < 1.29 is 8.42 Å².